The average molecular weight is 293 g/mol. The van der Waals surface area contributed by atoms with Gasteiger partial charge in [-0.15, -0.1) is 0 Å². The van der Waals surface area contributed by atoms with Crippen LogP contribution in [0.3, 0.4) is 0 Å². The van der Waals surface area contributed by atoms with Crippen LogP contribution in [0.2, 0.25) is 5.15 Å². The van der Waals surface area contributed by atoms with Crippen molar-refractivity contribution in [1.82, 2.24) is 9.88 Å². The summed E-state index contributed by atoms with van der Waals surface area (Å²) in [4.78, 5) is 17.8. The molecule has 104 valence electrons. The summed E-state index contributed by atoms with van der Waals surface area (Å²) < 4.78 is 12.9. The Morgan fingerprint density at radius 2 is 1.95 bits per heavy atom. The molecule has 5 heteroatoms. The Hall–Kier alpha value is -1.94. The van der Waals surface area contributed by atoms with Gasteiger partial charge in [0.1, 0.15) is 11.0 Å². The molecule has 0 bridgehead atoms. The lowest BCUT2D eigenvalue weighted by Gasteiger charge is -2.25. The number of carbonyl (C=O) groups is 1. The van der Waals surface area contributed by atoms with E-state index in [2.05, 4.69) is 4.98 Å². The molecule has 0 radical (unpaired) electrons. The van der Waals surface area contributed by atoms with E-state index < -0.39 is 0 Å². The predicted octanol–water partition coefficient (Wildman–Crippen LogP) is 3.71. The highest BCUT2D eigenvalue weighted by Gasteiger charge is 2.21. The van der Waals surface area contributed by atoms with E-state index in [9.17, 15) is 9.18 Å². The molecular weight excluding hydrogens is 279 g/mol. The van der Waals surface area contributed by atoms with Gasteiger partial charge in [0.05, 0.1) is 11.6 Å². The number of aromatic nitrogens is 1. The van der Waals surface area contributed by atoms with E-state index in [-0.39, 0.29) is 22.9 Å². The molecule has 0 saturated heterocycles. The lowest BCUT2D eigenvalue weighted by molar-refractivity contribution is 0.0742. The summed E-state index contributed by atoms with van der Waals surface area (Å²) in [5, 5.41) is 0.177. The fraction of sp³-hybridized carbons (Fsp3) is 0.200. The molecular formula is C15H14ClFN2O. The number of nitrogens with zero attached hydrogens (tertiary/aromatic N) is 2. The minimum absolute atomic E-state index is 0.177. The Labute approximate surface area is 122 Å². The van der Waals surface area contributed by atoms with Gasteiger partial charge < -0.3 is 4.90 Å². The number of benzene rings is 1. The third-order valence-corrected chi connectivity index (χ3v) is 3.54. The second-order valence-corrected chi connectivity index (χ2v) is 4.84. The second kappa shape index (κ2) is 6.01. The van der Waals surface area contributed by atoms with Gasteiger partial charge in [-0.2, -0.15) is 0 Å². The number of rotatable bonds is 3. The quantitative estimate of drug-likeness (QED) is 0.808. The third kappa shape index (κ3) is 2.96. The molecule has 0 fully saturated rings. The molecule has 0 saturated carbocycles. The van der Waals surface area contributed by atoms with Crippen molar-refractivity contribution in [3.8, 4) is 0 Å². The minimum Gasteiger partial charge on any atom is -0.335 e. The first kappa shape index (κ1) is 14.5. The zero-order valence-electron chi connectivity index (χ0n) is 11.2. The molecule has 2 aromatic rings. The maximum Gasteiger partial charge on any atom is 0.257 e. The van der Waals surface area contributed by atoms with E-state index in [1.165, 1.54) is 18.3 Å². The van der Waals surface area contributed by atoms with Crippen LogP contribution in [0, 0.1) is 5.82 Å². The van der Waals surface area contributed by atoms with Crippen molar-refractivity contribution >= 4 is 17.5 Å². The van der Waals surface area contributed by atoms with Gasteiger partial charge in [-0.3, -0.25) is 4.79 Å². The zero-order chi connectivity index (χ0) is 14.7. The van der Waals surface area contributed by atoms with Gasteiger partial charge >= 0.3 is 0 Å². The normalized spacial score (nSPS) is 12.0. The number of halogens is 2. The molecule has 1 aromatic carbocycles. The van der Waals surface area contributed by atoms with E-state index >= 15 is 0 Å². The topological polar surface area (TPSA) is 33.2 Å². The fourth-order valence-electron chi connectivity index (χ4n) is 1.88. The minimum atomic E-state index is -0.301. The summed E-state index contributed by atoms with van der Waals surface area (Å²) in [7, 11) is 1.68. The lowest BCUT2D eigenvalue weighted by Crippen LogP contribution is -2.30. The van der Waals surface area contributed by atoms with E-state index in [0.717, 1.165) is 5.56 Å². The molecule has 1 atom stereocenters. The van der Waals surface area contributed by atoms with Crippen LogP contribution in [-0.4, -0.2) is 22.8 Å². The van der Waals surface area contributed by atoms with Crippen LogP contribution in [-0.2, 0) is 0 Å². The number of hydrogen-bond acceptors (Lipinski definition) is 2. The smallest absolute Gasteiger partial charge is 0.257 e. The number of carbonyl (C=O) groups excluding carboxylic acids is 1. The standard InChI is InChI=1S/C15H14ClFN2O/c1-10(11-5-7-12(17)8-6-11)19(2)15(20)13-4-3-9-18-14(13)16/h3-10H,1-2H3. The first-order chi connectivity index (χ1) is 9.50. The van der Waals surface area contributed by atoms with Crippen LogP contribution >= 0.6 is 11.6 Å². The fourth-order valence-corrected chi connectivity index (χ4v) is 2.08. The second-order valence-electron chi connectivity index (χ2n) is 4.49. The van der Waals surface area contributed by atoms with Crippen LogP contribution in [0.15, 0.2) is 42.6 Å². The predicted molar refractivity (Wildman–Crippen MR) is 76.2 cm³/mol. The van der Waals surface area contributed by atoms with E-state index in [0.29, 0.717) is 5.56 Å². The molecule has 0 N–H and O–H groups in total. The molecule has 1 amide bonds. The number of amides is 1. The average Bonchev–Trinajstić information content (AvgIpc) is 2.46. The largest absolute Gasteiger partial charge is 0.335 e. The molecule has 0 aliphatic heterocycles. The van der Waals surface area contributed by atoms with Gasteiger partial charge in [0, 0.05) is 13.2 Å². The van der Waals surface area contributed by atoms with Crippen molar-refractivity contribution in [3.05, 3.63) is 64.7 Å². The summed E-state index contributed by atoms with van der Waals surface area (Å²) in [6.07, 6.45) is 1.53. The molecule has 0 spiro atoms. The van der Waals surface area contributed by atoms with Crippen molar-refractivity contribution in [1.29, 1.82) is 0 Å². The van der Waals surface area contributed by atoms with Gasteiger partial charge in [0.2, 0.25) is 0 Å². The van der Waals surface area contributed by atoms with Crippen LogP contribution in [0.1, 0.15) is 28.9 Å². The highest BCUT2D eigenvalue weighted by Crippen LogP contribution is 2.22. The van der Waals surface area contributed by atoms with Gasteiger partial charge in [-0.1, -0.05) is 23.7 Å². The van der Waals surface area contributed by atoms with Crippen molar-refractivity contribution in [2.24, 2.45) is 0 Å². The molecule has 20 heavy (non-hydrogen) atoms. The highest BCUT2D eigenvalue weighted by molar-refractivity contribution is 6.32. The molecule has 1 unspecified atom stereocenters. The van der Waals surface area contributed by atoms with Crippen molar-refractivity contribution < 1.29 is 9.18 Å². The summed E-state index contributed by atoms with van der Waals surface area (Å²) >= 11 is 5.93. The molecule has 2 rings (SSSR count). The summed E-state index contributed by atoms with van der Waals surface area (Å²) in [5.74, 6) is -0.523. The Morgan fingerprint density at radius 1 is 1.30 bits per heavy atom. The highest BCUT2D eigenvalue weighted by atomic mass is 35.5. The van der Waals surface area contributed by atoms with Crippen molar-refractivity contribution in [2.75, 3.05) is 7.05 Å². The first-order valence-corrected chi connectivity index (χ1v) is 6.51. The van der Waals surface area contributed by atoms with E-state index in [4.69, 9.17) is 11.6 Å². The summed E-state index contributed by atoms with van der Waals surface area (Å²) in [6.45, 7) is 1.87. The monoisotopic (exact) mass is 292 g/mol. The van der Waals surface area contributed by atoms with E-state index in [1.54, 1.807) is 36.2 Å². The third-order valence-electron chi connectivity index (χ3n) is 3.24. The number of hydrogen-bond donors (Lipinski definition) is 0. The van der Waals surface area contributed by atoms with E-state index in [1.807, 2.05) is 6.92 Å². The lowest BCUT2D eigenvalue weighted by atomic mass is 10.1. The maximum absolute atomic E-state index is 12.9. The van der Waals surface area contributed by atoms with Gasteiger partial charge in [0.15, 0.2) is 0 Å². The molecule has 1 aromatic heterocycles. The Morgan fingerprint density at radius 3 is 2.55 bits per heavy atom. The van der Waals surface area contributed by atoms with Crippen LogP contribution in [0.4, 0.5) is 4.39 Å². The maximum atomic E-state index is 12.9. The van der Waals surface area contributed by atoms with Crippen molar-refractivity contribution in [3.63, 3.8) is 0 Å². The molecule has 0 aliphatic rings. The van der Waals surface area contributed by atoms with Gasteiger partial charge in [-0.25, -0.2) is 9.37 Å². The van der Waals surface area contributed by atoms with Crippen LogP contribution < -0.4 is 0 Å². The molecule has 1 heterocycles. The zero-order valence-corrected chi connectivity index (χ0v) is 11.9. The molecule has 3 nitrogen and oxygen atoms in total. The van der Waals surface area contributed by atoms with Crippen LogP contribution in [0.25, 0.3) is 0 Å². The van der Waals surface area contributed by atoms with Gasteiger partial charge in [0.25, 0.3) is 5.91 Å². The summed E-state index contributed by atoms with van der Waals surface area (Å²) in [5.41, 5.74) is 1.20. The number of pyridine rings is 1. The Bertz CT molecular complexity index is 616. The first-order valence-electron chi connectivity index (χ1n) is 6.14. The van der Waals surface area contributed by atoms with Crippen molar-refractivity contribution in [2.45, 2.75) is 13.0 Å². The Kier molecular flexibility index (Phi) is 4.35. The Balaban J connectivity index is 2.22. The SMILES string of the molecule is CC(c1ccc(F)cc1)N(C)C(=O)c1cccnc1Cl. The van der Waals surface area contributed by atoms with Gasteiger partial charge in [-0.05, 0) is 36.8 Å². The van der Waals surface area contributed by atoms with Crippen LogP contribution in [0.5, 0.6) is 0 Å². The summed E-state index contributed by atoms with van der Waals surface area (Å²) in [6, 6.07) is 9.17. The molecule has 0 aliphatic carbocycles.